The zero-order valence-corrected chi connectivity index (χ0v) is 22.5. The maximum atomic E-state index is 12.1. The molecule has 5 N–H and O–H groups in total. The molecule has 10 nitrogen and oxygen atoms in total. The van der Waals surface area contributed by atoms with Crippen LogP contribution in [0.5, 0.6) is 0 Å². The van der Waals surface area contributed by atoms with Gasteiger partial charge in [-0.1, -0.05) is 37.8 Å². The number of carbonyl (C=O) groups is 1. The number of carbonyl (C=O) groups excluding carboxylic acids is 1. The van der Waals surface area contributed by atoms with Crippen LogP contribution in [-0.2, 0) is 11.2 Å². The molecule has 10 heteroatoms. The lowest BCUT2D eigenvalue weighted by Gasteiger charge is -2.27. The van der Waals surface area contributed by atoms with Crippen LogP contribution in [0.4, 0.5) is 16.4 Å². The first-order valence-corrected chi connectivity index (χ1v) is 13.6. The fourth-order valence-electron chi connectivity index (χ4n) is 5.55. The Morgan fingerprint density at radius 2 is 2.08 bits per heavy atom. The summed E-state index contributed by atoms with van der Waals surface area (Å²) < 4.78 is 7.04. The number of nitrogens with two attached hydrogens (primary N) is 1. The lowest BCUT2D eigenvalue weighted by Crippen LogP contribution is -2.36. The van der Waals surface area contributed by atoms with Gasteiger partial charge < -0.3 is 25.3 Å². The maximum Gasteiger partial charge on any atom is 0.412 e. The second-order valence-electron chi connectivity index (χ2n) is 10.4. The molecule has 208 valence electrons. The number of aliphatic hydroxyl groups excluding tert-OH is 2. The van der Waals surface area contributed by atoms with Gasteiger partial charge in [-0.2, -0.15) is 0 Å². The molecule has 4 atom stereocenters. The number of aliphatic hydroxyl groups is 2. The van der Waals surface area contributed by atoms with Crippen molar-refractivity contribution in [2.45, 2.75) is 63.7 Å². The van der Waals surface area contributed by atoms with Gasteiger partial charge in [0.15, 0.2) is 0 Å². The topological polar surface area (TPSA) is 148 Å². The fraction of sp³-hybridized carbons (Fsp3) is 0.400. The van der Waals surface area contributed by atoms with E-state index in [1.165, 1.54) is 6.33 Å². The van der Waals surface area contributed by atoms with Crippen LogP contribution >= 0.6 is 0 Å². The van der Waals surface area contributed by atoms with E-state index < -0.39 is 29.8 Å². The van der Waals surface area contributed by atoms with Crippen molar-refractivity contribution in [1.82, 2.24) is 19.5 Å². The van der Waals surface area contributed by atoms with Crippen LogP contribution in [0.15, 0.2) is 48.9 Å². The van der Waals surface area contributed by atoms with Gasteiger partial charge in [0.25, 0.3) is 0 Å². The second kappa shape index (κ2) is 11.5. The van der Waals surface area contributed by atoms with E-state index in [1.807, 2.05) is 28.8 Å². The number of anilines is 2. The van der Waals surface area contributed by atoms with Crippen molar-refractivity contribution >= 4 is 39.7 Å². The molecular weight excluding hydrogens is 508 g/mol. The Bertz CT molecular complexity index is 1560. The average molecular weight is 543 g/mol. The minimum atomic E-state index is -1.11. The van der Waals surface area contributed by atoms with E-state index in [4.69, 9.17) is 16.9 Å². The Kier molecular flexibility index (Phi) is 7.87. The Balaban J connectivity index is 1.30. The Morgan fingerprint density at radius 3 is 2.88 bits per heavy atom. The molecule has 0 spiro atoms. The molecule has 1 aromatic carbocycles. The van der Waals surface area contributed by atoms with Gasteiger partial charge in [-0.15, -0.1) is 6.42 Å². The highest BCUT2D eigenvalue weighted by molar-refractivity contribution is 5.87. The smallest absolute Gasteiger partial charge is 0.412 e. The molecule has 0 bridgehead atoms. The SMILES string of the molecule is C#C[C@]1(CCc2ccc3ccc(NC(=O)OCCCCC)nc3c2)C[C@@H](n2ccc3c(N)ncnc32)[C@H](O)[C@@H]1O. The first-order valence-electron chi connectivity index (χ1n) is 13.6. The van der Waals surface area contributed by atoms with Crippen molar-refractivity contribution < 1.29 is 19.7 Å². The lowest BCUT2D eigenvalue weighted by atomic mass is 9.79. The summed E-state index contributed by atoms with van der Waals surface area (Å²) in [6.45, 7) is 2.46. The number of unbranched alkanes of at least 4 members (excludes halogenated alkanes) is 2. The number of ether oxygens (including phenoxy) is 1. The molecular formula is C30H34N6O4. The predicted molar refractivity (Wildman–Crippen MR) is 153 cm³/mol. The molecule has 40 heavy (non-hydrogen) atoms. The number of hydrogen-bond donors (Lipinski definition) is 4. The number of nitrogen functional groups attached to an aromatic ring is 1. The molecule has 1 aliphatic rings. The highest BCUT2D eigenvalue weighted by atomic mass is 16.5. The Hall–Kier alpha value is -4.20. The van der Waals surface area contributed by atoms with E-state index in [-0.39, 0.29) is 0 Å². The molecule has 1 saturated carbocycles. The standard InChI is InChI=1S/C30H34N6O4/c1-3-5-6-15-40-29(39)35-24-10-9-20-8-7-19(16-22(20)34-24)11-13-30(4-2)17-23(25(37)26(30)38)36-14-12-21-27(31)32-18-33-28(21)36/h2,7-10,12,14,16,18,23,25-26,37-38H,3,5-6,11,13,15,17H2,1H3,(H2,31,32,33)(H,34,35,39)/t23-,25+,26+,30+/m1/s1. The molecule has 0 aliphatic heterocycles. The van der Waals surface area contributed by atoms with Crippen molar-refractivity contribution in [2.75, 3.05) is 17.7 Å². The zero-order valence-electron chi connectivity index (χ0n) is 22.5. The van der Waals surface area contributed by atoms with Crippen LogP contribution in [0.25, 0.3) is 21.9 Å². The number of amides is 1. The third-order valence-corrected chi connectivity index (χ3v) is 7.87. The molecule has 3 heterocycles. The van der Waals surface area contributed by atoms with Crippen LogP contribution < -0.4 is 11.1 Å². The van der Waals surface area contributed by atoms with E-state index in [9.17, 15) is 15.0 Å². The van der Waals surface area contributed by atoms with Crippen molar-refractivity contribution in [3.63, 3.8) is 0 Å². The highest BCUT2D eigenvalue weighted by Gasteiger charge is 2.52. The molecule has 0 radical (unpaired) electrons. The first kappa shape index (κ1) is 27.4. The minimum Gasteiger partial charge on any atom is -0.449 e. The van der Waals surface area contributed by atoms with Crippen LogP contribution in [0.1, 0.15) is 50.6 Å². The molecule has 1 fully saturated rings. The van der Waals surface area contributed by atoms with Gasteiger partial charge in [-0.25, -0.2) is 19.7 Å². The molecule has 3 aromatic heterocycles. The van der Waals surface area contributed by atoms with Crippen LogP contribution in [0, 0.1) is 17.8 Å². The number of benzene rings is 1. The van der Waals surface area contributed by atoms with E-state index in [0.29, 0.717) is 48.5 Å². The number of nitrogens with one attached hydrogen (secondary N) is 1. The van der Waals surface area contributed by atoms with Crippen molar-refractivity contribution in [1.29, 1.82) is 0 Å². The summed E-state index contributed by atoms with van der Waals surface area (Å²) in [5.41, 5.74) is 7.33. The number of hydrogen-bond acceptors (Lipinski definition) is 8. The minimum absolute atomic E-state index is 0.354. The third kappa shape index (κ3) is 5.30. The molecule has 1 aliphatic carbocycles. The monoisotopic (exact) mass is 542 g/mol. The molecule has 0 saturated heterocycles. The Morgan fingerprint density at radius 1 is 1.25 bits per heavy atom. The van der Waals surface area contributed by atoms with E-state index in [1.54, 1.807) is 18.3 Å². The molecule has 4 aromatic rings. The molecule has 5 rings (SSSR count). The van der Waals surface area contributed by atoms with Gasteiger partial charge in [-0.3, -0.25) is 5.32 Å². The second-order valence-corrected chi connectivity index (χ2v) is 10.4. The van der Waals surface area contributed by atoms with Gasteiger partial charge in [0.05, 0.1) is 35.1 Å². The molecule has 0 unspecified atom stereocenters. The van der Waals surface area contributed by atoms with Gasteiger partial charge in [0.1, 0.15) is 29.7 Å². The fourth-order valence-corrected chi connectivity index (χ4v) is 5.55. The van der Waals surface area contributed by atoms with Gasteiger partial charge in [-0.05, 0) is 55.5 Å². The number of aryl methyl sites for hydroxylation is 1. The van der Waals surface area contributed by atoms with Crippen molar-refractivity contribution in [3.05, 3.63) is 54.5 Å². The largest absolute Gasteiger partial charge is 0.449 e. The van der Waals surface area contributed by atoms with Gasteiger partial charge in [0.2, 0.25) is 0 Å². The third-order valence-electron chi connectivity index (χ3n) is 7.87. The number of aromatic nitrogens is 4. The van der Waals surface area contributed by atoms with Crippen molar-refractivity contribution in [2.24, 2.45) is 5.41 Å². The van der Waals surface area contributed by atoms with Crippen molar-refractivity contribution in [3.8, 4) is 12.3 Å². The van der Waals surface area contributed by atoms with E-state index in [2.05, 4.69) is 33.1 Å². The number of nitrogens with zero attached hydrogens (tertiary/aromatic N) is 4. The quantitative estimate of drug-likeness (QED) is 0.181. The normalized spacial score (nSPS) is 22.4. The summed E-state index contributed by atoms with van der Waals surface area (Å²) in [5, 5.41) is 26.5. The average Bonchev–Trinajstić information content (AvgIpc) is 3.50. The summed E-state index contributed by atoms with van der Waals surface area (Å²) >= 11 is 0. The number of fused-ring (bicyclic) bond motifs is 2. The van der Waals surface area contributed by atoms with Crippen LogP contribution in [0.3, 0.4) is 0 Å². The van der Waals surface area contributed by atoms with E-state index >= 15 is 0 Å². The van der Waals surface area contributed by atoms with Crippen LogP contribution in [-0.4, -0.2) is 54.6 Å². The summed E-state index contributed by atoms with van der Waals surface area (Å²) in [5.74, 6) is 3.58. The maximum absolute atomic E-state index is 12.1. The number of rotatable bonds is 9. The van der Waals surface area contributed by atoms with Gasteiger partial charge >= 0.3 is 6.09 Å². The van der Waals surface area contributed by atoms with Gasteiger partial charge in [0, 0.05) is 11.6 Å². The summed E-state index contributed by atoms with van der Waals surface area (Å²) in [7, 11) is 0. The van der Waals surface area contributed by atoms with E-state index in [0.717, 1.165) is 35.7 Å². The summed E-state index contributed by atoms with van der Waals surface area (Å²) in [6, 6.07) is 10.9. The predicted octanol–water partition coefficient (Wildman–Crippen LogP) is 4.22. The summed E-state index contributed by atoms with van der Waals surface area (Å²) in [4.78, 5) is 25.0. The number of pyridine rings is 1. The van der Waals surface area contributed by atoms with Crippen LogP contribution in [0.2, 0.25) is 0 Å². The number of terminal acetylenes is 1. The highest BCUT2D eigenvalue weighted by Crippen LogP contribution is 2.48. The lowest BCUT2D eigenvalue weighted by molar-refractivity contribution is -0.0115. The first-order chi connectivity index (χ1) is 19.3. The zero-order chi connectivity index (χ0) is 28.3. The Labute approximate surface area is 232 Å². The summed E-state index contributed by atoms with van der Waals surface area (Å²) in [6.07, 6.45) is 10.8. The molecule has 1 amide bonds.